The Hall–Kier alpha value is -1.26. The van der Waals surface area contributed by atoms with Crippen molar-refractivity contribution < 1.29 is 14.6 Å². The molecule has 1 atom stereocenters. The standard InChI is InChI=1S/C14H21NO3/c1-3-15(2)10-12(16)11-5-6-13-14(9-11)18-8-4-7-17-13/h5-6,9,12,16H,3-4,7-8,10H2,1-2H3. The van der Waals surface area contributed by atoms with Crippen LogP contribution in [0, 0.1) is 0 Å². The molecule has 1 unspecified atom stereocenters. The highest BCUT2D eigenvalue weighted by Gasteiger charge is 2.15. The van der Waals surface area contributed by atoms with Crippen LogP contribution in [0.4, 0.5) is 0 Å². The van der Waals surface area contributed by atoms with Crippen molar-refractivity contribution in [1.29, 1.82) is 0 Å². The molecule has 0 amide bonds. The summed E-state index contributed by atoms with van der Waals surface area (Å²) < 4.78 is 11.2. The summed E-state index contributed by atoms with van der Waals surface area (Å²) in [7, 11) is 1.99. The number of likely N-dealkylation sites (N-methyl/N-ethyl adjacent to an activating group) is 1. The molecule has 0 saturated carbocycles. The maximum atomic E-state index is 10.2. The summed E-state index contributed by atoms with van der Waals surface area (Å²) in [5.74, 6) is 1.51. The summed E-state index contributed by atoms with van der Waals surface area (Å²) in [4.78, 5) is 2.08. The molecule has 1 aliphatic rings. The molecule has 1 aromatic rings. The number of hydrogen-bond donors (Lipinski definition) is 1. The summed E-state index contributed by atoms with van der Waals surface area (Å²) in [6.07, 6.45) is 0.401. The molecule has 0 radical (unpaired) electrons. The van der Waals surface area contributed by atoms with E-state index in [0.717, 1.165) is 30.0 Å². The van der Waals surface area contributed by atoms with Crippen LogP contribution in [-0.2, 0) is 0 Å². The number of nitrogens with zero attached hydrogens (tertiary/aromatic N) is 1. The third kappa shape index (κ3) is 3.15. The van der Waals surface area contributed by atoms with Gasteiger partial charge in [0.2, 0.25) is 0 Å². The number of ether oxygens (including phenoxy) is 2. The van der Waals surface area contributed by atoms with Gasteiger partial charge in [0.05, 0.1) is 19.3 Å². The van der Waals surface area contributed by atoms with Crippen molar-refractivity contribution in [2.45, 2.75) is 19.4 Å². The number of fused-ring (bicyclic) bond motifs is 1. The van der Waals surface area contributed by atoms with Crippen molar-refractivity contribution in [1.82, 2.24) is 4.90 Å². The Morgan fingerprint density at radius 2 is 2.00 bits per heavy atom. The lowest BCUT2D eigenvalue weighted by Crippen LogP contribution is -2.24. The average Bonchev–Trinajstić information content (AvgIpc) is 2.62. The fraction of sp³-hybridized carbons (Fsp3) is 0.571. The van der Waals surface area contributed by atoms with Gasteiger partial charge in [0.25, 0.3) is 0 Å². The SMILES string of the molecule is CCN(C)CC(O)c1ccc2c(c1)OCCCO2. The van der Waals surface area contributed by atoms with Gasteiger partial charge < -0.3 is 19.5 Å². The minimum absolute atomic E-state index is 0.493. The third-order valence-corrected chi connectivity index (χ3v) is 3.18. The maximum Gasteiger partial charge on any atom is 0.161 e. The highest BCUT2D eigenvalue weighted by atomic mass is 16.5. The van der Waals surface area contributed by atoms with Crippen molar-refractivity contribution in [3.05, 3.63) is 23.8 Å². The van der Waals surface area contributed by atoms with Crippen LogP contribution in [0.15, 0.2) is 18.2 Å². The van der Waals surface area contributed by atoms with E-state index in [1.165, 1.54) is 0 Å². The van der Waals surface area contributed by atoms with Crippen molar-refractivity contribution in [3.8, 4) is 11.5 Å². The summed E-state index contributed by atoms with van der Waals surface area (Å²) in [5.41, 5.74) is 0.875. The van der Waals surface area contributed by atoms with Crippen LogP contribution in [0.1, 0.15) is 25.0 Å². The minimum Gasteiger partial charge on any atom is -0.490 e. The molecule has 4 nitrogen and oxygen atoms in total. The van der Waals surface area contributed by atoms with Gasteiger partial charge in [0.15, 0.2) is 11.5 Å². The average molecular weight is 251 g/mol. The normalized spacial score (nSPS) is 16.4. The van der Waals surface area contributed by atoms with E-state index in [2.05, 4.69) is 11.8 Å². The Bertz CT molecular complexity index is 395. The van der Waals surface area contributed by atoms with Gasteiger partial charge in [-0.05, 0) is 31.3 Å². The molecule has 0 fully saturated rings. The van der Waals surface area contributed by atoms with Gasteiger partial charge in [-0.2, -0.15) is 0 Å². The molecule has 2 rings (SSSR count). The van der Waals surface area contributed by atoms with Gasteiger partial charge in [-0.15, -0.1) is 0 Å². The molecule has 0 aromatic heterocycles. The van der Waals surface area contributed by atoms with Gasteiger partial charge >= 0.3 is 0 Å². The monoisotopic (exact) mass is 251 g/mol. The Balaban J connectivity index is 2.12. The van der Waals surface area contributed by atoms with E-state index in [9.17, 15) is 5.11 Å². The Morgan fingerprint density at radius 3 is 2.72 bits per heavy atom. The molecule has 1 aliphatic heterocycles. The fourth-order valence-electron chi connectivity index (χ4n) is 1.92. The van der Waals surface area contributed by atoms with Crippen LogP contribution in [0.3, 0.4) is 0 Å². The van der Waals surface area contributed by atoms with E-state index in [-0.39, 0.29) is 0 Å². The molecule has 100 valence electrons. The van der Waals surface area contributed by atoms with Crippen LogP contribution in [0.2, 0.25) is 0 Å². The van der Waals surface area contributed by atoms with Crippen LogP contribution >= 0.6 is 0 Å². The van der Waals surface area contributed by atoms with Gasteiger partial charge in [0.1, 0.15) is 0 Å². The first-order chi connectivity index (χ1) is 8.70. The van der Waals surface area contributed by atoms with Crippen molar-refractivity contribution in [2.75, 3.05) is 33.4 Å². The first kappa shape index (κ1) is 13.2. The van der Waals surface area contributed by atoms with Crippen molar-refractivity contribution in [3.63, 3.8) is 0 Å². The van der Waals surface area contributed by atoms with E-state index in [0.29, 0.717) is 19.8 Å². The zero-order valence-corrected chi connectivity index (χ0v) is 11.1. The molecule has 18 heavy (non-hydrogen) atoms. The largest absolute Gasteiger partial charge is 0.490 e. The molecule has 1 heterocycles. The number of aliphatic hydroxyl groups excluding tert-OH is 1. The quantitative estimate of drug-likeness (QED) is 0.886. The van der Waals surface area contributed by atoms with E-state index in [1.54, 1.807) is 0 Å². The molecule has 0 saturated heterocycles. The van der Waals surface area contributed by atoms with E-state index in [1.807, 2.05) is 25.2 Å². The van der Waals surface area contributed by atoms with Gasteiger partial charge in [-0.1, -0.05) is 13.0 Å². The lowest BCUT2D eigenvalue weighted by molar-refractivity contribution is 0.129. The Labute approximate surface area is 108 Å². The minimum atomic E-state index is -0.493. The molecule has 1 N–H and O–H groups in total. The van der Waals surface area contributed by atoms with Gasteiger partial charge in [0, 0.05) is 13.0 Å². The molecule has 0 bridgehead atoms. The number of rotatable bonds is 4. The summed E-state index contributed by atoms with van der Waals surface area (Å²) in [6, 6.07) is 5.67. The van der Waals surface area contributed by atoms with Crippen LogP contribution < -0.4 is 9.47 Å². The van der Waals surface area contributed by atoms with Crippen LogP contribution in [0.25, 0.3) is 0 Å². The predicted octanol–water partition coefficient (Wildman–Crippen LogP) is 1.83. The Morgan fingerprint density at radius 1 is 1.28 bits per heavy atom. The molecular weight excluding hydrogens is 230 g/mol. The van der Waals surface area contributed by atoms with Gasteiger partial charge in [-0.3, -0.25) is 0 Å². The second-order valence-corrected chi connectivity index (χ2v) is 4.63. The fourth-order valence-corrected chi connectivity index (χ4v) is 1.92. The van der Waals surface area contributed by atoms with Crippen molar-refractivity contribution in [2.24, 2.45) is 0 Å². The highest BCUT2D eigenvalue weighted by molar-refractivity contribution is 5.44. The lowest BCUT2D eigenvalue weighted by Gasteiger charge is -2.19. The summed E-state index contributed by atoms with van der Waals surface area (Å²) >= 11 is 0. The second kappa shape index (κ2) is 6.07. The van der Waals surface area contributed by atoms with E-state index in [4.69, 9.17) is 9.47 Å². The van der Waals surface area contributed by atoms with E-state index < -0.39 is 6.10 Å². The van der Waals surface area contributed by atoms with Crippen LogP contribution in [-0.4, -0.2) is 43.4 Å². The number of hydrogen-bond acceptors (Lipinski definition) is 4. The predicted molar refractivity (Wildman–Crippen MR) is 70.2 cm³/mol. The summed E-state index contributed by atoms with van der Waals surface area (Å²) in [6.45, 7) is 4.97. The summed E-state index contributed by atoms with van der Waals surface area (Å²) in [5, 5.41) is 10.2. The molecule has 0 spiro atoms. The van der Waals surface area contributed by atoms with Crippen LogP contribution in [0.5, 0.6) is 11.5 Å². The van der Waals surface area contributed by atoms with Crippen molar-refractivity contribution >= 4 is 0 Å². The molecule has 4 heteroatoms. The molecular formula is C14H21NO3. The highest BCUT2D eigenvalue weighted by Crippen LogP contribution is 2.32. The second-order valence-electron chi connectivity index (χ2n) is 4.63. The first-order valence-electron chi connectivity index (χ1n) is 6.47. The lowest BCUT2D eigenvalue weighted by atomic mass is 10.1. The molecule has 0 aliphatic carbocycles. The smallest absolute Gasteiger partial charge is 0.161 e. The number of aliphatic hydroxyl groups is 1. The van der Waals surface area contributed by atoms with E-state index >= 15 is 0 Å². The molecule has 1 aromatic carbocycles. The third-order valence-electron chi connectivity index (χ3n) is 3.18. The Kier molecular flexibility index (Phi) is 4.44. The number of benzene rings is 1. The zero-order chi connectivity index (χ0) is 13.0. The van der Waals surface area contributed by atoms with Gasteiger partial charge in [-0.25, -0.2) is 0 Å². The first-order valence-corrected chi connectivity index (χ1v) is 6.47. The topological polar surface area (TPSA) is 41.9 Å². The maximum absolute atomic E-state index is 10.2. The zero-order valence-electron chi connectivity index (χ0n) is 11.1.